The van der Waals surface area contributed by atoms with Crippen LogP contribution in [-0.2, 0) is 9.31 Å². The van der Waals surface area contributed by atoms with Crippen molar-refractivity contribution in [3.05, 3.63) is 42.2 Å². The van der Waals surface area contributed by atoms with Crippen molar-refractivity contribution in [1.82, 2.24) is 0 Å². The smallest absolute Gasteiger partial charge is 0.399 e. The van der Waals surface area contributed by atoms with Crippen molar-refractivity contribution in [3.63, 3.8) is 0 Å². The molecule has 4 heteroatoms. The van der Waals surface area contributed by atoms with Gasteiger partial charge in [0.15, 0.2) is 0 Å². The lowest BCUT2D eigenvalue weighted by molar-refractivity contribution is 0.00578. The van der Waals surface area contributed by atoms with Crippen LogP contribution in [0.3, 0.4) is 0 Å². The summed E-state index contributed by atoms with van der Waals surface area (Å²) in [6.45, 7) is 11.7. The molecule has 0 saturated carbocycles. The third-order valence-electron chi connectivity index (χ3n) is 3.76. The molecule has 18 heavy (non-hydrogen) atoms. The number of hydrogen-bond acceptors (Lipinski definition) is 2. The van der Waals surface area contributed by atoms with E-state index >= 15 is 0 Å². The molecular weight excluding hydrogens is 230 g/mol. The van der Waals surface area contributed by atoms with Crippen LogP contribution in [-0.4, -0.2) is 18.3 Å². The normalized spacial score (nSPS) is 21.1. The fourth-order valence-corrected chi connectivity index (χ4v) is 1.83. The van der Waals surface area contributed by atoms with E-state index in [1.165, 1.54) is 6.07 Å². The molecule has 0 bridgehead atoms. The van der Waals surface area contributed by atoms with Crippen LogP contribution in [0.15, 0.2) is 30.8 Å². The fourth-order valence-electron chi connectivity index (χ4n) is 1.83. The van der Waals surface area contributed by atoms with E-state index in [0.717, 1.165) is 0 Å². The molecule has 1 aliphatic heterocycles. The molecule has 0 aliphatic carbocycles. The summed E-state index contributed by atoms with van der Waals surface area (Å²) in [5.74, 6) is -0.308. The second-order valence-electron chi connectivity index (χ2n) is 5.59. The van der Waals surface area contributed by atoms with E-state index in [1.807, 2.05) is 27.7 Å². The molecule has 0 aromatic heterocycles. The van der Waals surface area contributed by atoms with Gasteiger partial charge in [-0.2, -0.15) is 0 Å². The SMILES string of the molecule is C=C(B1OC(C)(C)C(C)(C)O1)c1ccccc1F. The third-order valence-corrected chi connectivity index (χ3v) is 3.76. The zero-order chi connectivity index (χ0) is 13.6. The van der Waals surface area contributed by atoms with Gasteiger partial charge < -0.3 is 9.31 Å². The van der Waals surface area contributed by atoms with Crippen LogP contribution in [0.4, 0.5) is 4.39 Å². The van der Waals surface area contributed by atoms with Crippen LogP contribution in [0.5, 0.6) is 0 Å². The minimum absolute atomic E-state index is 0.308. The zero-order valence-electron chi connectivity index (χ0n) is 11.3. The molecule has 0 spiro atoms. The second-order valence-corrected chi connectivity index (χ2v) is 5.59. The molecule has 1 aromatic rings. The lowest BCUT2D eigenvalue weighted by atomic mass is 9.75. The van der Waals surface area contributed by atoms with Crippen LogP contribution < -0.4 is 0 Å². The first kappa shape index (κ1) is 13.3. The first-order chi connectivity index (χ1) is 8.24. The predicted molar refractivity (Wildman–Crippen MR) is 71.5 cm³/mol. The Morgan fingerprint density at radius 3 is 2.11 bits per heavy atom. The van der Waals surface area contributed by atoms with Gasteiger partial charge in [0.1, 0.15) is 5.82 Å². The first-order valence-electron chi connectivity index (χ1n) is 6.04. The highest BCUT2D eigenvalue weighted by molar-refractivity contribution is 6.68. The molecule has 0 atom stereocenters. The van der Waals surface area contributed by atoms with Gasteiger partial charge in [-0.05, 0) is 39.2 Å². The van der Waals surface area contributed by atoms with E-state index in [2.05, 4.69) is 6.58 Å². The predicted octanol–water partition coefficient (Wildman–Crippen LogP) is 3.47. The Hall–Kier alpha value is -1.13. The number of halogens is 1. The van der Waals surface area contributed by atoms with Gasteiger partial charge in [-0.3, -0.25) is 0 Å². The van der Waals surface area contributed by atoms with Gasteiger partial charge in [0.05, 0.1) is 11.2 Å². The Balaban J connectivity index is 2.26. The largest absolute Gasteiger partial charge is 0.494 e. The van der Waals surface area contributed by atoms with Gasteiger partial charge >= 0.3 is 7.12 Å². The van der Waals surface area contributed by atoms with Crippen molar-refractivity contribution in [1.29, 1.82) is 0 Å². The lowest BCUT2D eigenvalue weighted by Gasteiger charge is -2.32. The number of benzene rings is 1. The first-order valence-corrected chi connectivity index (χ1v) is 6.04. The molecule has 1 aromatic carbocycles. The van der Waals surface area contributed by atoms with Gasteiger partial charge in [-0.1, -0.05) is 24.8 Å². The topological polar surface area (TPSA) is 18.5 Å². The van der Waals surface area contributed by atoms with E-state index in [4.69, 9.17) is 9.31 Å². The molecule has 96 valence electrons. The quantitative estimate of drug-likeness (QED) is 0.746. The van der Waals surface area contributed by atoms with Crippen LogP contribution in [0.25, 0.3) is 5.47 Å². The maximum absolute atomic E-state index is 13.7. The monoisotopic (exact) mass is 248 g/mol. The van der Waals surface area contributed by atoms with Crippen molar-refractivity contribution in [3.8, 4) is 0 Å². The summed E-state index contributed by atoms with van der Waals surface area (Å²) in [5, 5.41) is 0. The average Bonchev–Trinajstić information content (AvgIpc) is 2.48. The minimum Gasteiger partial charge on any atom is -0.399 e. The van der Waals surface area contributed by atoms with Crippen molar-refractivity contribution in [2.75, 3.05) is 0 Å². The maximum atomic E-state index is 13.7. The van der Waals surface area contributed by atoms with E-state index in [0.29, 0.717) is 11.0 Å². The maximum Gasteiger partial charge on any atom is 0.494 e. The molecule has 0 amide bonds. The van der Waals surface area contributed by atoms with E-state index in [-0.39, 0.29) is 5.82 Å². The van der Waals surface area contributed by atoms with Crippen LogP contribution in [0.2, 0.25) is 0 Å². The molecule has 0 unspecified atom stereocenters. The zero-order valence-corrected chi connectivity index (χ0v) is 11.3. The third kappa shape index (κ3) is 2.11. The summed E-state index contributed by atoms with van der Waals surface area (Å²) in [6.07, 6.45) is 0. The molecule has 2 nitrogen and oxygen atoms in total. The summed E-state index contributed by atoms with van der Waals surface area (Å²) in [5.41, 5.74) is 0.0836. The summed E-state index contributed by atoms with van der Waals surface area (Å²) in [4.78, 5) is 0. The molecule has 1 heterocycles. The highest BCUT2D eigenvalue weighted by Gasteiger charge is 2.52. The molecule has 0 radical (unpaired) electrons. The molecule has 1 saturated heterocycles. The van der Waals surface area contributed by atoms with Crippen LogP contribution >= 0.6 is 0 Å². The lowest BCUT2D eigenvalue weighted by Crippen LogP contribution is -2.41. The van der Waals surface area contributed by atoms with Crippen LogP contribution in [0, 0.1) is 5.82 Å². The van der Waals surface area contributed by atoms with Crippen molar-refractivity contribution in [2.24, 2.45) is 0 Å². The minimum atomic E-state index is -0.605. The van der Waals surface area contributed by atoms with Gasteiger partial charge in [0.25, 0.3) is 0 Å². The van der Waals surface area contributed by atoms with Gasteiger partial charge in [0.2, 0.25) is 0 Å². The molecule has 1 fully saturated rings. The average molecular weight is 248 g/mol. The summed E-state index contributed by atoms with van der Waals surface area (Å²) in [7, 11) is -0.605. The Bertz CT molecular complexity index is 466. The van der Waals surface area contributed by atoms with Crippen molar-refractivity contribution < 1.29 is 13.7 Å². The van der Waals surface area contributed by atoms with Gasteiger partial charge in [0, 0.05) is 5.56 Å². The van der Waals surface area contributed by atoms with Gasteiger partial charge in [-0.25, -0.2) is 4.39 Å². The standard InChI is InChI=1S/C14H18BFO2/c1-10(11-8-6-7-9-12(11)16)15-17-13(2,3)14(4,5)18-15/h6-9H,1H2,2-5H3. The Labute approximate surface area is 108 Å². The Kier molecular flexibility index (Phi) is 3.12. The Morgan fingerprint density at radius 2 is 1.61 bits per heavy atom. The highest BCUT2D eigenvalue weighted by atomic mass is 19.1. The summed E-state index contributed by atoms with van der Waals surface area (Å²) >= 11 is 0. The van der Waals surface area contributed by atoms with E-state index in [1.54, 1.807) is 18.2 Å². The van der Waals surface area contributed by atoms with Gasteiger partial charge in [-0.15, -0.1) is 0 Å². The Morgan fingerprint density at radius 1 is 1.11 bits per heavy atom. The summed E-state index contributed by atoms with van der Waals surface area (Å²) in [6, 6.07) is 6.51. The molecule has 2 rings (SSSR count). The van der Waals surface area contributed by atoms with E-state index < -0.39 is 18.3 Å². The molecule has 1 aliphatic rings. The van der Waals surface area contributed by atoms with Crippen molar-refractivity contribution in [2.45, 2.75) is 38.9 Å². The van der Waals surface area contributed by atoms with E-state index in [9.17, 15) is 4.39 Å². The highest BCUT2D eigenvalue weighted by Crippen LogP contribution is 2.40. The fraction of sp³-hybridized carbons (Fsp3) is 0.429. The molecule has 0 N–H and O–H groups in total. The summed E-state index contributed by atoms with van der Waals surface area (Å²) < 4.78 is 25.4. The number of rotatable bonds is 2. The molecular formula is C14H18BFO2. The number of hydrogen-bond donors (Lipinski definition) is 0. The van der Waals surface area contributed by atoms with Crippen molar-refractivity contribution >= 4 is 12.6 Å². The second kappa shape index (κ2) is 4.21. The van der Waals surface area contributed by atoms with Crippen LogP contribution in [0.1, 0.15) is 33.3 Å².